The van der Waals surface area contributed by atoms with E-state index in [2.05, 4.69) is 15.5 Å². The molecule has 27 heavy (non-hydrogen) atoms. The van der Waals surface area contributed by atoms with Crippen molar-refractivity contribution in [1.29, 1.82) is 0 Å². The highest BCUT2D eigenvalue weighted by atomic mass is 35.5. The molecule has 10 heteroatoms. The first-order chi connectivity index (χ1) is 13.0. The lowest BCUT2D eigenvalue weighted by Crippen LogP contribution is -2.14. The fourth-order valence-corrected chi connectivity index (χ4v) is 2.91. The summed E-state index contributed by atoms with van der Waals surface area (Å²) in [5, 5.41) is 10.9. The minimum atomic E-state index is -0.554. The highest BCUT2D eigenvalue weighted by molar-refractivity contribution is 7.99. The van der Waals surface area contributed by atoms with Crippen molar-refractivity contribution < 1.29 is 18.3 Å². The van der Waals surface area contributed by atoms with Crippen LogP contribution in [0.5, 0.6) is 5.75 Å². The van der Waals surface area contributed by atoms with Crippen molar-refractivity contribution in [2.75, 3.05) is 11.1 Å². The molecule has 3 aromatic rings. The van der Waals surface area contributed by atoms with Crippen LogP contribution in [0.3, 0.4) is 0 Å². The number of hydrogen-bond acceptors (Lipinski definition) is 6. The van der Waals surface area contributed by atoms with Gasteiger partial charge in [0.25, 0.3) is 11.1 Å². The SMILES string of the molecule is O=C(CSc1nnc(COc2ccccc2Cl)o1)Nc1ccc(F)c(Cl)c1. The van der Waals surface area contributed by atoms with Crippen LogP contribution in [0.2, 0.25) is 10.0 Å². The van der Waals surface area contributed by atoms with Crippen LogP contribution in [0.1, 0.15) is 5.89 Å². The molecule has 140 valence electrons. The Labute approximate surface area is 168 Å². The van der Waals surface area contributed by atoms with Gasteiger partial charge >= 0.3 is 0 Å². The van der Waals surface area contributed by atoms with E-state index >= 15 is 0 Å². The van der Waals surface area contributed by atoms with Crippen LogP contribution in [0.25, 0.3) is 0 Å². The third-order valence-corrected chi connectivity index (χ3v) is 4.59. The predicted octanol–water partition coefficient (Wildman–Crippen LogP) is 4.83. The van der Waals surface area contributed by atoms with E-state index in [9.17, 15) is 9.18 Å². The number of amides is 1. The Morgan fingerprint density at radius 1 is 1.19 bits per heavy atom. The summed E-state index contributed by atoms with van der Waals surface area (Å²) in [6.45, 7) is 0.0531. The maximum Gasteiger partial charge on any atom is 0.277 e. The first kappa shape index (κ1) is 19.5. The second-order valence-electron chi connectivity index (χ2n) is 5.15. The van der Waals surface area contributed by atoms with Crippen LogP contribution in [0.4, 0.5) is 10.1 Å². The number of thioether (sulfide) groups is 1. The van der Waals surface area contributed by atoms with E-state index < -0.39 is 5.82 Å². The fourth-order valence-electron chi connectivity index (χ4n) is 1.95. The van der Waals surface area contributed by atoms with Gasteiger partial charge in [0.2, 0.25) is 5.91 Å². The standard InChI is InChI=1S/C17H12Cl2FN3O3S/c18-11-3-1-2-4-14(11)25-8-16-22-23-17(26-16)27-9-15(24)21-10-5-6-13(20)12(19)7-10/h1-7H,8-9H2,(H,21,24). The number of para-hydroxylation sites is 1. The molecule has 0 radical (unpaired) electrons. The molecule has 3 rings (SSSR count). The van der Waals surface area contributed by atoms with Gasteiger partial charge in [-0.25, -0.2) is 4.39 Å². The molecule has 1 aromatic heterocycles. The molecule has 1 amide bonds. The molecule has 0 bridgehead atoms. The monoisotopic (exact) mass is 427 g/mol. The van der Waals surface area contributed by atoms with Gasteiger partial charge in [0.15, 0.2) is 6.61 Å². The van der Waals surface area contributed by atoms with Crippen LogP contribution in [-0.2, 0) is 11.4 Å². The van der Waals surface area contributed by atoms with E-state index in [-0.39, 0.29) is 34.4 Å². The predicted molar refractivity (Wildman–Crippen MR) is 101 cm³/mol. The van der Waals surface area contributed by atoms with E-state index in [0.717, 1.165) is 11.8 Å². The molecule has 0 atom stereocenters. The molecule has 0 spiro atoms. The van der Waals surface area contributed by atoms with Gasteiger partial charge in [-0.15, -0.1) is 10.2 Å². The van der Waals surface area contributed by atoms with Crippen molar-refractivity contribution in [1.82, 2.24) is 10.2 Å². The average Bonchev–Trinajstić information content (AvgIpc) is 3.10. The van der Waals surface area contributed by atoms with Gasteiger partial charge in [-0.1, -0.05) is 47.1 Å². The number of benzene rings is 2. The van der Waals surface area contributed by atoms with Crippen molar-refractivity contribution in [3.05, 3.63) is 64.2 Å². The molecular formula is C17H12Cl2FN3O3S. The summed E-state index contributed by atoms with van der Waals surface area (Å²) in [5.41, 5.74) is 0.395. The van der Waals surface area contributed by atoms with Crippen molar-refractivity contribution >= 4 is 46.6 Å². The van der Waals surface area contributed by atoms with Crippen LogP contribution < -0.4 is 10.1 Å². The molecule has 0 aliphatic heterocycles. The van der Waals surface area contributed by atoms with Crippen LogP contribution >= 0.6 is 35.0 Å². The highest BCUT2D eigenvalue weighted by Crippen LogP contribution is 2.25. The minimum Gasteiger partial charge on any atom is -0.482 e. The van der Waals surface area contributed by atoms with E-state index in [1.165, 1.54) is 18.2 Å². The van der Waals surface area contributed by atoms with Gasteiger partial charge in [-0.3, -0.25) is 4.79 Å². The topological polar surface area (TPSA) is 77.2 Å². The number of carbonyl (C=O) groups excluding carboxylic acids is 1. The van der Waals surface area contributed by atoms with Crippen molar-refractivity contribution in [3.8, 4) is 5.75 Å². The molecule has 0 saturated heterocycles. The van der Waals surface area contributed by atoms with Gasteiger partial charge in [0.1, 0.15) is 11.6 Å². The van der Waals surface area contributed by atoms with Gasteiger partial charge in [-0.05, 0) is 30.3 Å². The van der Waals surface area contributed by atoms with Gasteiger partial charge in [-0.2, -0.15) is 0 Å². The fraction of sp³-hybridized carbons (Fsp3) is 0.118. The largest absolute Gasteiger partial charge is 0.482 e. The average molecular weight is 428 g/mol. The van der Waals surface area contributed by atoms with Crippen molar-refractivity contribution in [2.45, 2.75) is 11.8 Å². The summed E-state index contributed by atoms with van der Waals surface area (Å²) in [4.78, 5) is 11.9. The zero-order valence-electron chi connectivity index (χ0n) is 13.6. The number of carbonyl (C=O) groups is 1. The summed E-state index contributed by atoms with van der Waals surface area (Å²) in [6, 6.07) is 10.9. The summed E-state index contributed by atoms with van der Waals surface area (Å²) < 4.78 is 24.0. The normalized spacial score (nSPS) is 10.6. The van der Waals surface area contributed by atoms with Gasteiger partial charge in [0.05, 0.1) is 15.8 Å². The first-order valence-electron chi connectivity index (χ1n) is 7.58. The Bertz CT molecular complexity index is 955. The molecule has 1 N–H and O–H groups in total. The maximum absolute atomic E-state index is 13.1. The lowest BCUT2D eigenvalue weighted by molar-refractivity contribution is -0.113. The van der Waals surface area contributed by atoms with Crippen LogP contribution in [0, 0.1) is 5.82 Å². The number of nitrogens with one attached hydrogen (secondary N) is 1. The lowest BCUT2D eigenvalue weighted by Gasteiger charge is -2.05. The molecule has 0 fully saturated rings. The lowest BCUT2D eigenvalue weighted by atomic mass is 10.3. The number of ether oxygens (including phenoxy) is 1. The Kier molecular flexibility index (Phi) is 6.54. The van der Waals surface area contributed by atoms with Crippen molar-refractivity contribution in [2.24, 2.45) is 0 Å². The number of hydrogen-bond donors (Lipinski definition) is 1. The number of aromatic nitrogens is 2. The van der Waals surface area contributed by atoms with E-state index in [0.29, 0.717) is 16.5 Å². The zero-order valence-corrected chi connectivity index (χ0v) is 15.9. The first-order valence-corrected chi connectivity index (χ1v) is 9.33. The number of halogens is 3. The van der Waals surface area contributed by atoms with Gasteiger partial charge in [0, 0.05) is 5.69 Å². The second kappa shape index (κ2) is 9.07. The van der Waals surface area contributed by atoms with Crippen LogP contribution in [-0.4, -0.2) is 21.9 Å². The zero-order chi connectivity index (χ0) is 19.2. The summed E-state index contributed by atoms with van der Waals surface area (Å²) >= 11 is 12.7. The third-order valence-electron chi connectivity index (χ3n) is 3.17. The molecule has 0 saturated carbocycles. The highest BCUT2D eigenvalue weighted by Gasteiger charge is 2.12. The quantitative estimate of drug-likeness (QED) is 0.544. The Hall–Kier alpha value is -2.29. The Balaban J connectivity index is 1.48. The smallest absolute Gasteiger partial charge is 0.277 e. The molecule has 1 heterocycles. The number of rotatable bonds is 7. The molecule has 2 aromatic carbocycles. The van der Waals surface area contributed by atoms with E-state index in [1.807, 2.05) is 0 Å². The molecule has 0 unspecified atom stereocenters. The molecule has 0 aliphatic rings. The number of nitrogens with zero attached hydrogens (tertiary/aromatic N) is 2. The number of anilines is 1. The third kappa shape index (κ3) is 5.59. The van der Waals surface area contributed by atoms with Crippen molar-refractivity contribution in [3.63, 3.8) is 0 Å². The molecule has 0 aliphatic carbocycles. The second-order valence-corrected chi connectivity index (χ2v) is 6.89. The maximum atomic E-state index is 13.1. The Morgan fingerprint density at radius 2 is 2.00 bits per heavy atom. The summed E-state index contributed by atoms with van der Waals surface area (Å²) in [7, 11) is 0. The van der Waals surface area contributed by atoms with E-state index in [4.69, 9.17) is 32.4 Å². The summed E-state index contributed by atoms with van der Waals surface area (Å²) in [5.74, 6) is -0.0922. The van der Waals surface area contributed by atoms with Crippen LogP contribution in [0.15, 0.2) is 52.1 Å². The summed E-state index contributed by atoms with van der Waals surface area (Å²) in [6.07, 6.45) is 0. The molecular weight excluding hydrogens is 416 g/mol. The molecule has 6 nitrogen and oxygen atoms in total. The Morgan fingerprint density at radius 3 is 2.78 bits per heavy atom. The van der Waals surface area contributed by atoms with E-state index in [1.54, 1.807) is 24.3 Å². The minimum absolute atomic E-state index is 0.0298. The van der Waals surface area contributed by atoms with Gasteiger partial charge < -0.3 is 14.5 Å².